The van der Waals surface area contributed by atoms with Crippen LogP contribution in [0, 0.1) is 5.92 Å². The molecule has 140 valence electrons. The number of carbonyl (C=O) groups is 1. The summed E-state index contributed by atoms with van der Waals surface area (Å²) in [4.78, 5) is 25.5. The Morgan fingerprint density at radius 2 is 1.96 bits per heavy atom. The van der Waals surface area contributed by atoms with Gasteiger partial charge >= 0.3 is 0 Å². The standard InChI is InChI=1S/C18H23N3O4S/c1-12(2)10-21-17(23)14-7-5-4-6-13(14)15(20-21)16(22)19-18(3)8-9-26(24,25)11-18/h4-7,12H,8-11H2,1-3H3,(H,19,22). The van der Waals surface area contributed by atoms with Crippen molar-refractivity contribution >= 4 is 26.5 Å². The van der Waals surface area contributed by atoms with E-state index in [-0.39, 0.29) is 28.7 Å². The van der Waals surface area contributed by atoms with E-state index in [0.29, 0.717) is 23.7 Å². The molecule has 1 fully saturated rings. The zero-order valence-corrected chi connectivity index (χ0v) is 16.0. The van der Waals surface area contributed by atoms with E-state index in [4.69, 9.17) is 0 Å². The molecule has 2 heterocycles. The Labute approximate surface area is 152 Å². The summed E-state index contributed by atoms with van der Waals surface area (Å²) in [5.74, 6) is -0.298. The molecular formula is C18H23N3O4S. The van der Waals surface area contributed by atoms with Crippen LogP contribution in [0.5, 0.6) is 0 Å². The van der Waals surface area contributed by atoms with E-state index in [0.717, 1.165) is 0 Å². The number of aromatic nitrogens is 2. The van der Waals surface area contributed by atoms with Crippen LogP contribution < -0.4 is 10.9 Å². The van der Waals surface area contributed by atoms with Gasteiger partial charge in [-0.1, -0.05) is 32.0 Å². The van der Waals surface area contributed by atoms with Crippen molar-refractivity contribution in [3.8, 4) is 0 Å². The summed E-state index contributed by atoms with van der Waals surface area (Å²) in [5.41, 5.74) is -0.913. The molecule has 0 aliphatic carbocycles. The first-order valence-corrected chi connectivity index (χ1v) is 10.5. The SMILES string of the molecule is CC(C)Cn1nc(C(=O)NC2(C)CCS(=O)(=O)C2)c2ccccc2c1=O. The summed E-state index contributed by atoms with van der Waals surface area (Å²) < 4.78 is 24.9. The Morgan fingerprint density at radius 3 is 2.54 bits per heavy atom. The molecule has 7 nitrogen and oxygen atoms in total. The van der Waals surface area contributed by atoms with Gasteiger partial charge in [-0.15, -0.1) is 0 Å². The van der Waals surface area contributed by atoms with Gasteiger partial charge in [0.1, 0.15) is 0 Å². The quantitative estimate of drug-likeness (QED) is 0.867. The molecule has 1 atom stereocenters. The van der Waals surface area contributed by atoms with Gasteiger partial charge in [0.25, 0.3) is 11.5 Å². The third kappa shape index (κ3) is 3.65. The largest absolute Gasteiger partial charge is 0.344 e. The monoisotopic (exact) mass is 377 g/mol. The van der Waals surface area contributed by atoms with Gasteiger partial charge in [-0.2, -0.15) is 5.10 Å². The molecular weight excluding hydrogens is 354 g/mol. The van der Waals surface area contributed by atoms with Crippen LogP contribution in [0.3, 0.4) is 0 Å². The molecule has 1 amide bonds. The van der Waals surface area contributed by atoms with Crippen LogP contribution >= 0.6 is 0 Å². The first-order valence-electron chi connectivity index (χ1n) is 8.63. The fourth-order valence-electron chi connectivity index (χ4n) is 3.31. The lowest BCUT2D eigenvalue weighted by atomic mass is 10.0. The highest BCUT2D eigenvalue weighted by atomic mass is 32.2. The van der Waals surface area contributed by atoms with Crippen molar-refractivity contribution in [2.24, 2.45) is 5.92 Å². The normalized spacial score (nSPS) is 22.0. The second-order valence-corrected chi connectivity index (χ2v) is 9.82. The van der Waals surface area contributed by atoms with Gasteiger partial charge in [0.05, 0.1) is 22.4 Å². The molecule has 0 bridgehead atoms. The Bertz CT molecular complexity index is 1030. The second-order valence-electron chi connectivity index (χ2n) is 7.63. The van der Waals surface area contributed by atoms with Gasteiger partial charge in [-0.3, -0.25) is 9.59 Å². The topological polar surface area (TPSA) is 98.1 Å². The van der Waals surface area contributed by atoms with E-state index in [9.17, 15) is 18.0 Å². The average molecular weight is 377 g/mol. The van der Waals surface area contributed by atoms with Crippen molar-refractivity contribution in [3.05, 3.63) is 40.3 Å². The van der Waals surface area contributed by atoms with Gasteiger partial charge in [0, 0.05) is 11.9 Å². The van der Waals surface area contributed by atoms with E-state index >= 15 is 0 Å². The Balaban J connectivity index is 2.05. The Kier molecular flexibility index (Phi) is 4.64. The number of hydrogen-bond donors (Lipinski definition) is 1. The maximum absolute atomic E-state index is 12.9. The van der Waals surface area contributed by atoms with Crippen LogP contribution in [0.15, 0.2) is 29.1 Å². The van der Waals surface area contributed by atoms with Gasteiger partial charge in [0.2, 0.25) is 0 Å². The lowest BCUT2D eigenvalue weighted by Gasteiger charge is -2.24. The van der Waals surface area contributed by atoms with Crippen molar-refractivity contribution in [2.75, 3.05) is 11.5 Å². The predicted molar refractivity (Wildman–Crippen MR) is 100.0 cm³/mol. The van der Waals surface area contributed by atoms with Crippen molar-refractivity contribution in [1.82, 2.24) is 15.1 Å². The summed E-state index contributed by atoms with van der Waals surface area (Å²) in [6, 6.07) is 6.85. The zero-order chi connectivity index (χ0) is 19.1. The molecule has 1 aliphatic rings. The molecule has 1 saturated heterocycles. The molecule has 8 heteroatoms. The lowest BCUT2D eigenvalue weighted by molar-refractivity contribution is 0.0909. The highest BCUT2D eigenvalue weighted by Crippen LogP contribution is 2.24. The highest BCUT2D eigenvalue weighted by molar-refractivity contribution is 7.91. The van der Waals surface area contributed by atoms with Crippen molar-refractivity contribution < 1.29 is 13.2 Å². The smallest absolute Gasteiger partial charge is 0.274 e. The summed E-state index contributed by atoms with van der Waals surface area (Å²) in [5, 5.41) is 8.02. The number of hydrogen-bond acceptors (Lipinski definition) is 5. The van der Waals surface area contributed by atoms with Crippen LogP contribution in [0.4, 0.5) is 0 Å². The average Bonchev–Trinajstić information content (AvgIpc) is 2.82. The third-order valence-electron chi connectivity index (χ3n) is 4.54. The van der Waals surface area contributed by atoms with E-state index < -0.39 is 21.3 Å². The summed E-state index contributed by atoms with van der Waals surface area (Å²) in [6.07, 6.45) is 0.366. The van der Waals surface area contributed by atoms with Crippen LogP contribution in [0.25, 0.3) is 10.8 Å². The predicted octanol–water partition coefficient (Wildman–Crippen LogP) is 1.36. The van der Waals surface area contributed by atoms with Gasteiger partial charge < -0.3 is 5.32 Å². The number of sulfone groups is 1. The minimum absolute atomic E-state index is 0.0603. The Hall–Kier alpha value is -2.22. The lowest BCUT2D eigenvalue weighted by Crippen LogP contribution is -2.47. The van der Waals surface area contributed by atoms with Gasteiger partial charge in [0.15, 0.2) is 15.5 Å². The van der Waals surface area contributed by atoms with E-state index in [1.165, 1.54) is 4.68 Å². The fourth-order valence-corrected chi connectivity index (χ4v) is 5.41. The Morgan fingerprint density at radius 1 is 1.31 bits per heavy atom. The molecule has 1 unspecified atom stereocenters. The van der Waals surface area contributed by atoms with Crippen LogP contribution in [0.2, 0.25) is 0 Å². The van der Waals surface area contributed by atoms with E-state index in [1.807, 2.05) is 13.8 Å². The number of fused-ring (bicyclic) bond motifs is 1. The second kappa shape index (κ2) is 6.50. The van der Waals surface area contributed by atoms with E-state index in [2.05, 4.69) is 10.4 Å². The van der Waals surface area contributed by atoms with E-state index in [1.54, 1.807) is 31.2 Å². The number of rotatable bonds is 4. The van der Waals surface area contributed by atoms with Gasteiger partial charge in [-0.05, 0) is 25.3 Å². The number of benzene rings is 1. The highest BCUT2D eigenvalue weighted by Gasteiger charge is 2.40. The van der Waals surface area contributed by atoms with Crippen LogP contribution in [-0.2, 0) is 16.4 Å². The summed E-state index contributed by atoms with van der Waals surface area (Å²) in [7, 11) is -3.15. The summed E-state index contributed by atoms with van der Waals surface area (Å²) in [6.45, 7) is 6.05. The third-order valence-corrected chi connectivity index (χ3v) is 6.44. The number of carbonyl (C=O) groups excluding carboxylic acids is 1. The number of nitrogens with zero attached hydrogens (tertiary/aromatic N) is 2. The number of nitrogens with one attached hydrogen (secondary N) is 1. The zero-order valence-electron chi connectivity index (χ0n) is 15.2. The summed E-state index contributed by atoms with van der Waals surface area (Å²) >= 11 is 0. The molecule has 0 saturated carbocycles. The van der Waals surface area contributed by atoms with Crippen LogP contribution in [-0.4, -0.2) is 41.2 Å². The van der Waals surface area contributed by atoms with Gasteiger partial charge in [-0.25, -0.2) is 13.1 Å². The minimum atomic E-state index is -3.15. The fraction of sp³-hybridized carbons (Fsp3) is 0.500. The molecule has 0 spiro atoms. The first-order chi connectivity index (χ1) is 12.1. The molecule has 0 radical (unpaired) electrons. The molecule has 3 rings (SSSR count). The maximum Gasteiger partial charge on any atom is 0.274 e. The molecule has 1 aromatic carbocycles. The van der Waals surface area contributed by atoms with Crippen molar-refractivity contribution in [1.29, 1.82) is 0 Å². The van der Waals surface area contributed by atoms with Crippen LogP contribution in [0.1, 0.15) is 37.7 Å². The molecule has 1 N–H and O–H groups in total. The van der Waals surface area contributed by atoms with Crippen molar-refractivity contribution in [3.63, 3.8) is 0 Å². The minimum Gasteiger partial charge on any atom is -0.344 e. The molecule has 26 heavy (non-hydrogen) atoms. The van der Waals surface area contributed by atoms with Crippen molar-refractivity contribution in [2.45, 2.75) is 39.3 Å². The first kappa shape index (κ1) is 18.6. The molecule has 1 aromatic heterocycles. The number of amides is 1. The molecule has 2 aromatic rings. The molecule has 1 aliphatic heterocycles. The maximum atomic E-state index is 12.9.